The van der Waals surface area contributed by atoms with Gasteiger partial charge in [-0.05, 0) is 51.8 Å². The monoisotopic (exact) mass is 448 g/mol. The summed E-state index contributed by atoms with van der Waals surface area (Å²) in [5.41, 5.74) is 2.26. The van der Waals surface area contributed by atoms with Crippen molar-refractivity contribution >= 4 is 35.0 Å². The third kappa shape index (κ3) is 6.75. The highest BCUT2D eigenvalue weighted by Gasteiger charge is 2.31. The van der Waals surface area contributed by atoms with Crippen molar-refractivity contribution in [1.29, 1.82) is 0 Å². The zero-order chi connectivity index (χ0) is 22.5. The van der Waals surface area contributed by atoms with Crippen LogP contribution in [-0.2, 0) is 22.6 Å². The summed E-state index contributed by atoms with van der Waals surface area (Å²) < 4.78 is 0. The van der Waals surface area contributed by atoms with Crippen molar-refractivity contribution in [2.45, 2.75) is 65.6 Å². The van der Waals surface area contributed by atoms with Gasteiger partial charge < -0.3 is 10.2 Å². The van der Waals surface area contributed by atoms with Crippen molar-refractivity contribution in [1.82, 2.24) is 10.2 Å². The average Bonchev–Trinajstić information content (AvgIpc) is 2.64. The third-order valence-corrected chi connectivity index (χ3v) is 5.46. The van der Waals surface area contributed by atoms with Gasteiger partial charge in [0.05, 0.1) is 6.42 Å². The van der Waals surface area contributed by atoms with E-state index in [1.54, 1.807) is 23.1 Å². The van der Waals surface area contributed by atoms with E-state index in [1.807, 2.05) is 58.9 Å². The Balaban J connectivity index is 2.38. The summed E-state index contributed by atoms with van der Waals surface area (Å²) in [5, 5.41) is 3.94. The first-order chi connectivity index (χ1) is 14.0. The minimum Gasteiger partial charge on any atom is -0.350 e. The van der Waals surface area contributed by atoms with Crippen LogP contribution in [0.15, 0.2) is 42.5 Å². The van der Waals surface area contributed by atoms with Crippen molar-refractivity contribution < 1.29 is 9.59 Å². The number of carbonyl (C=O) groups excluding carboxylic acids is 2. The van der Waals surface area contributed by atoms with Crippen LogP contribution in [0.5, 0.6) is 0 Å². The van der Waals surface area contributed by atoms with Crippen LogP contribution in [-0.4, -0.2) is 28.3 Å². The van der Waals surface area contributed by atoms with Crippen molar-refractivity contribution in [2.24, 2.45) is 0 Å². The molecule has 30 heavy (non-hydrogen) atoms. The molecule has 2 aromatic rings. The van der Waals surface area contributed by atoms with Gasteiger partial charge in [-0.2, -0.15) is 0 Å². The Hall–Kier alpha value is -2.04. The van der Waals surface area contributed by atoms with Crippen molar-refractivity contribution in [2.75, 3.05) is 0 Å². The summed E-state index contributed by atoms with van der Waals surface area (Å²) in [5.74, 6) is -0.337. The molecule has 2 aromatic carbocycles. The standard InChI is InChI=1S/C24H30Cl2N2O2/c1-6-21(23(30)27-24(3,4)5)28(15-18-19(25)8-7-9-20(18)26)22(29)14-17-12-10-16(2)11-13-17/h7-13,21H,6,14-15H2,1-5H3,(H,27,30). The fraction of sp³-hybridized carbons (Fsp3) is 0.417. The van der Waals surface area contributed by atoms with Crippen LogP contribution in [0.2, 0.25) is 10.0 Å². The predicted molar refractivity (Wildman–Crippen MR) is 124 cm³/mol. The van der Waals surface area contributed by atoms with Gasteiger partial charge in [0.15, 0.2) is 0 Å². The van der Waals surface area contributed by atoms with E-state index in [0.29, 0.717) is 22.0 Å². The molecule has 1 atom stereocenters. The molecule has 2 rings (SSSR count). The molecule has 4 nitrogen and oxygen atoms in total. The van der Waals surface area contributed by atoms with E-state index in [4.69, 9.17) is 23.2 Å². The van der Waals surface area contributed by atoms with Crippen LogP contribution in [0.25, 0.3) is 0 Å². The number of rotatable bonds is 7. The van der Waals surface area contributed by atoms with Crippen LogP contribution < -0.4 is 5.32 Å². The van der Waals surface area contributed by atoms with Crippen LogP contribution >= 0.6 is 23.2 Å². The SMILES string of the molecule is CCC(C(=O)NC(C)(C)C)N(Cc1c(Cl)cccc1Cl)C(=O)Cc1ccc(C)cc1. The lowest BCUT2D eigenvalue weighted by Crippen LogP contribution is -2.53. The predicted octanol–water partition coefficient (Wildman–Crippen LogP) is 5.57. The quantitative estimate of drug-likeness (QED) is 0.601. The zero-order valence-electron chi connectivity index (χ0n) is 18.3. The lowest BCUT2D eigenvalue weighted by Gasteiger charge is -2.33. The van der Waals surface area contributed by atoms with Crippen molar-refractivity contribution in [3.05, 3.63) is 69.2 Å². The minimum atomic E-state index is -0.630. The molecule has 162 valence electrons. The number of aryl methyl sites for hydroxylation is 1. The number of hydrogen-bond donors (Lipinski definition) is 1. The Morgan fingerprint density at radius 1 is 1.03 bits per heavy atom. The second-order valence-corrected chi connectivity index (χ2v) is 9.36. The Kier molecular flexibility index (Phi) is 8.34. The van der Waals surface area contributed by atoms with Gasteiger partial charge in [0.1, 0.15) is 6.04 Å². The molecule has 2 amide bonds. The molecule has 0 aromatic heterocycles. The van der Waals surface area contributed by atoms with Gasteiger partial charge in [0.2, 0.25) is 11.8 Å². The van der Waals surface area contributed by atoms with Gasteiger partial charge in [-0.15, -0.1) is 0 Å². The largest absolute Gasteiger partial charge is 0.350 e. The maximum Gasteiger partial charge on any atom is 0.243 e. The fourth-order valence-corrected chi connectivity index (χ4v) is 3.73. The number of benzene rings is 2. The van der Waals surface area contributed by atoms with E-state index in [-0.39, 0.29) is 24.8 Å². The summed E-state index contributed by atoms with van der Waals surface area (Å²) in [6.07, 6.45) is 0.672. The second kappa shape index (κ2) is 10.3. The van der Waals surface area contributed by atoms with Crippen LogP contribution in [0.1, 0.15) is 50.8 Å². The molecule has 0 fully saturated rings. The summed E-state index contributed by atoms with van der Waals surface area (Å²) in [6.45, 7) is 9.82. The number of hydrogen-bond acceptors (Lipinski definition) is 2. The average molecular weight is 449 g/mol. The smallest absolute Gasteiger partial charge is 0.243 e. The first-order valence-corrected chi connectivity index (χ1v) is 10.9. The number of halogens is 2. The molecule has 0 radical (unpaired) electrons. The maximum atomic E-state index is 13.4. The number of amides is 2. The zero-order valence-corrected chi connectivity index (χ0v) is 19.8. The van der Waals surface area contributed by atoms with Gasteiger partial charge >= 0.3 is 0 Å². The highest BCUT2D eigenvalue weighted by atomic mass is 35.5. The van der Waals surface area contributed by atoms with Gasteiger partial charge in [0.25, 0.3) is 0 Å². The fourth-order valence-electron chi connectivity index (χ4n) is 3.21. The van der Waals surface area contributed by atoms with Crippen LogP contribution in [0, 0.1) is 6.92 Å². The molecule has 0 aliphatic rings. The first-order valence-electron chi connectivity index (χ1n) is 10.1. The van der Waals surface area contributed by atoms with Crippen LogP contribution in [0.4, 0.5) is 0 Å². The molecule has 0 aliphatic heterocycles. The van der Waals surface area contributed by atoms with Gasteiger partial charge in [-0.1, -0.05) is 66.0 Å². The molecule has 1 N–H and O–H groups in total. The first kappa shape index (κ1) is 24.2. The Labute approximate surface area is 189 Å². The highest BCUT2D eigenvalue weighted by Crippen LogP contribution is 2.27. The van der Waals surface area contributed by atoms with E-state index in [9.17, 15) is 9.59 Å². The molecule has 0 saturated heterocycles. The van der Waals surface area contributed by atoms with E-state index < -0.39 is 11.6 Å². The molecule has 0 saturated carbocycles. The Bertz CT molecular complexity index is 869. The number of nitrogens with zero attached hydrogens (tertiary/aromatic N) is 1. The van der Waals surface area contributed by atoms with Gasteiger partial charge in [0, 0.05) is 27.7 Å². The van der Waals surface area contributed by atoms with E-state index >= 15 is 0 Å². The third-order valence-electron chi connectivity index (χ3n) is 4.75. The molecule has 0 spiro atoms. The number of nitrogens with one attached hydrogen (secondary N) is 1. The van der Waals surface area contributed by atoms with E-state index in [2.05, 4.69) is 5.32 Å². The summed E-state index contributed by atoms with van der Waals surface area (Å²) in [6, 6.07) is 12.4. The number of carbonyl (C=O) groups is 2. The van der Waals surface area contributed by atoms with E-state index in [0.717, 1.165) is 11.1 Å². The molecule has 0 heterocycles. The lowest BCUT2D eigenvalue weighted by molar-refractivity contribution is -0.141. The van der Waals surface area contributed by atoms with Crippen molar-refractivity contribution in [3.8, 4) is 0 Å². The summed E-state index contributed by atoms with van der Waals surface area (Å²) in [7, 11) is 0. The second-order valence-electron chi connectivity index (χ2n) is 8.55. The molecule has 1 unspecified atom stereocenters. The molecule has 0 bridgehead atoms. The molecular formula is C24H30Cl2N2O2. The Morgan fingerprint density at radius 3 is 2.10 bits per heavy atom. The maximum absolute atomic E-state index is 13.4. The van der Waals surface area contributed by atoms with Gasteiger partial charge in [-0.25, -0.2) is 0 Å². The normalized spacial score (nSPS) is 12.4. The molecule has 6 heteroatoms. The van der Waals surface area contributed by atoms with E-state index in [1.165, 1.54) is 0 Å². The van der Waals surface area contributed by atoms with Crippen LogP contribution in [0.3, 0.4) is 0 Å². The molecular weight excluding hydrogens is 419 g/mol. The Morgan fingerprint density at radius 2 is 1.60 bits per heavy atom. The summed E-state index contributed by atoms with van der Waals surface area (Å²) >= 11 is 12.7. The minimum absolute atomic E-state index is 0.147. The topological polar surface area (TPSA) is 49.4 Å². The highest BCUT2D eigenvalue weighted by molar-refractivity contribution is 6.36. The molecule has 0 aliphatic carbocycles. The lowest BCUT2D eigenvalue weighted by atomic mass is 10.0. The van der Waals surface area contributed by atoms with Crippen molar-refractivity contribution in [3.63, 3.8) is 0 Å². The summed E-state index contributed by atoms with van der Waals surface area (Å²) in [4.78, 5) is 28.0. The van der Waals surface area contributed by atoms with Gasteiger partial charge in [-0.3, -0.25) is 9.59 Å².